The molecular weight excluding hydrogens is 252 g/mol. The predicted molar refractivity (Wildman–Crippen MR) is 81.3 cm³/mol. The molecule has 1 unspecified atom stereocenters. The van der Waals surface area contributed by atoms with Crippen LogP contribution in [0.5, 0.6) is 0 Å². The van der Waals surface area contributed by atoms with E-state index in [0.717, 1.165) is 12.8 Å². The zero-order chi connectivity index (χ0) is 13.1. The molecule has 0 radical (unpaired) electrons. The molecule has 0 saturated carbocycles. The van der Waals surface area contributed by atoms with Gasteiger partial charge in [-0.15, -0.1) is 11.3 Å². The number of hydrogen-bond donors (Lipinski definition) is 1. The third-order valence-electron chi connectivity index (χ3n) is 3.40. The van der Waals surface area contributed by atoms with Gasteiger partial charge in [-0.1, -0.05) is 18.2 Å². The molecule has 2 aromatic heterocycles. The minimum Gasteiger partial charge on any atom is -0.324 e. The summed E-state index contributed by atoms with van der Waals surface area (Å²) in [6, 6.07) is 12.7. The van der Waals surface area contributed by atoms with Crippen LogP contribution >= 0.6 is 11.3 Å². The Morgan fingerprint density at radius 3 is 2.79 bits per heavy atom. The molecule has 1 atom stereocenters. The molecule has 2 heterocycles. The van der Waals surface area contributed by atoms with Crippen LogP contribution in [0, 0.1) is 0 Å². The third kappa shape index (κ3) is 2.67. The highest BCUT2D eigenvalue weighted by molar-refractivity contribution is 7.17. The highest BCUT2D eigenvalue weighted by Crippen LogP contribution is 2.29. The fraction of sp³-hybridized carbons (Fsp3) is 0.188. The van der Waals surface area contributed by atoms with Crippen LogP contribution in [-0.2, 0) is 6.42 Å². The van der Waals surface area contributed by atoms with Gasteiger partial charge in [0.2, 0.25) is 0 Å². The van der Waals surface area contributed by atoms with Gasteiger partial charge >= 0.3 is 0 Å². The topological polar surface area (TPSA) is 38.9 Å². The fourth-order valence-electron chi connectivity index (χ4n) is 2.34. The van der Waals surface area contributed by atoms with Gasteiger partial charge in [0.05, 0.1) is 0 Å². The number of nitrogens with two attached hydrogens (primary N) is 1. The summed E-state index contributed by atoms with van der Waals surface area (Å²) in [4.78, 5) is 4.04. The lowest BCUT2D eigenvalue weighted by Crippen LogP contribution is -2.11. The van der Waals surface area contributed by atoms with E-state index < -0.39 is 0 Å². The van der Waals surface area contributed by atoms with Crippen molar-refractivity contribution in [3.63, 3.8) is 0 Å². The van der Waals surface area contributed by atoms with E-state index in [1.165, 1.54) is 21.2 Å². The van der Waals surface area contributed by atoms with Gasteiger partial charge in [-0.2, -0.15) is 0 Å². The number of thiophene rings is 1. The highest BCUT2D eigenvalue weighted by atomic mass is 32.1. The first-order valence-corrected chi connectivity index (χ1v) is 7.33. The van der Waals surface area contributed by atoms with E-state index in [2.05, 4.69) is 46.8 Å². The lowest BCUT2D eigenvalue weighted by atomic mass is 9.99. The molecule has 3 rings (SSSR count). The Kier molecular flexibility index (Phi) is 3.58. The lowest BCUT2D eigenvalue weighted by Gasteiger charge is -2.13. The summed E-state index contributed by atoms with van der Waals surface area (Å²) >= 11 is 1.77. The van der Waals surface area contributed by atoms with E-state index in [1.807, 2.05) is 12.4 Å². The molecule has 2 N–H and O–H groups in total. The molecule has 3 aromatic rings. The van der Waals surface area contributed by atoms with Crippen molar-refractivity contribution < 1.29 is 0 Å². The molecule has 3 heteroatoms. The first-order valence-electron chi connectivity index (χ1n) is 6.45. The Labute approximate surface area is 116 Å². The Bertz CT molecular complexity index is 661. The lowest BCUT2D eigenvalue weighted by molar-refractivity contribution is 0.656. The van der Waals surface area contributed by atoms with E-state index in [9.17, 15) is 0 Å². The van der Waals surface area contributed by atoms with Crippen molar-refractivity contribution in [2.75, 3.05) is 0 Å². The zero-order valence-corrected chi connectivity index (χ0v) is 11.4. The van der Waals surface area contributed by atoms with Crippen LogP contribution < -0.4 is 5.73 Å². The molecule has 2 nitrogen and oxygen atoms in total. The molecule has 1 aromatic carbocycles. The molecule has 96 valence electrons. The van der Waals surface area contributed by atoms with Gasteiger partial charge in [0.1, 0.15) is 0 Å². The minimum absolute atomic E-state index is 0.0931. The van der Waals surface area contributed by atoms with Crippen molar-refractivity contribution in [1.82, 2.24) is 4.98 Å². The number of rotatable bonds is 4. The van der Waals surface area contributed by atoms with Crippen molar-refractivity contribution in [2.45, 2.75) is 18.9 Å². The monoisotopic (exact) mass is 268 g/mol. The zero-order valence-electron chi connectivity index (χ0n) is 10.6. The summed E-state index contributed by atoms with van der Waals surface area (Å²) in [5.74, 6) is 0. The average Bonchev–Trinajstić information content (AvgIpc) is 2.94. The molecule has 19 heavy (non-hydrogen) atoms. The summed E-state index contributed by atoms with van der Waals surface area (Å²) in [7, 11) is 0. The number of aryl methyl sites for hydroxylation is 1. The average molecular weight is 268 g/mol. The van der Waals surface area contributed by atoms with E-state index in [1.54, 1.807) is 11.3 Å². The van der Waals surface area contributed by atoms with Crippen LogP contribution in [0.3, 0.4) is 0 Å². The van der Waals surface area contributed by atoms with Crippen molar-refractivity contribution >= 4 is 21.4 Å². The Morgan fingerprint density at radius 2 is 1.95 bits per heavy atom. The SMILES string of the molecule is NC(CCc1ccncc1)c1cccc2ccsc12. The Morgan fingerprint density at radius 1 is 1.11 bits per heavy atom. The van der Waals surface area contributed by atoms with Crippen molar-refractivity contribution in [3.8, 4) is 0 Å². The van der Waals surface area contributed by atoms with Crippen molar-refractivity contribution in [1.29, 1.82) is 0 Å². The van der Waals surface area contributed by atoms with Crippen LogP contribution in [0.1, 0.15) is 23.6 Å². The maximum Gasteiger partial charge on any atom is 0.0390 e. The molecule has 0 bridgehead atoms. The smallest absolute Gasteiger partial charge is 0.0390 e. The normalized spacial score (nSPS) is 12.7. The van der Waals surface area contributed by atoms with Crippen molar-refractivity contribution in [2.24, 2.45) is 5.73 Å². The van der Waals surface area contributed by atoms with Crippen LogP contribution in [0.15, 0.2) is 54.2 Å². The highest BCUT2D eigenvalue weighted by Gasteiger charge is 2.10. The fourth-order valence-corrected chi connectivity index (χ4v) is 3.31. The van der Waals surface area contributed by atoms with Gasteiger partial charge in [-0.25, -0.2) is 0 Å². The minimum atomic E-state index is 0.0931. The second-order valence-corrected chi connectivity index (χ2v) is 5.60. The number of pyridine rings is 1. The molecule has 0 saturated heterocycles. The summed E-state index contributed by atoms with van der Waals surface area (Å²) in [6.07, 6.45) is 5.62. The summed E-state index contributed by atoms with van der Waals surface area (Å²) < 4.78 is 1.32. The number of nitrogens with zero attached hydrogens (tertiary/aromatic N) is 1. The molecule has 0 spiro atoms. The van der Waals surface area contributed by atoms with Crippen LogP contribution in [0.2, 0.25) is 0 Å². The first-order chi connectivity index (χ1) is 9.34. The molecule has 0 fully saturated rings. The molecule has 0 aliphatic heterocycles. The third-order valence-corrected chi connectivity index (χ3v) is 4.38. The maximum atomic E-state index is 6.36. The van der Waals surface area contributed by atoms with E-state index in [0.29, 0.717) is 0 Å². The Balaban J connectivity index is 1.77. The second-order valence-electron chi connectivity index (χ2n) is 4.69. The maximum absolute atomic E-state index is 6.36. The quantitative estimate of drug-likeness (QED) is 0.778. The van der Waals surface area contributed by atoms with E-state index in [4.69, 9.17) is 5.73 Å². The number of aromatic nitrogens is 1. The first kappa shape index (κ1) is 12.3. The van der Waals surface area contributed by atoms with Crippen molar-refractivity contribution in [3.05, 3.63) is 65.3 Å². The van der Waals surface area contributed by atoms with Gasteiger partial charge in [-0.05, 0) is 52.9 Å². The van der Waals surface area contributed by atoms with E-state index in [-0.39, 0.29) is 6.04 Å². The molecule has 0 aliphatic rings. The van der Waals surface area contributed by atoms with Crippen LogP contribution in [0.4, 0.5) is 0 Å². The number of hydrogen-bond acceptors (Lipinski definition) is 3. The van der Waals surface area contributed by atoms with Gasteiger partial charge in [0.25, 0.3) is 0 Å². The molecular formula is C16H16N2S. The standard InChI is InChI=1S/C16H16N2S/c17-15(5-4-12-6-9-18-10-7-12)14-3-1-2-13-8-11-19-16(13)14/h1-3,6-11,15H,4-5,17H2. The van der Waals surface area contributed by atoms with Crippen LogP contribution in [-0.4, -0.2) is 4.98 Å². The summed E-state index contributed by atoms with van der Waals surface area (Å²) in [5, 5.41) is 3.42. The van der Waals surface area contributed by atoms with E-state index >= 15 is 0 Å². The summed E-state index contributed by atoms with van der Waals surface area (Å²) in [5.41, 5.74) is 8.92. The molecule has 0 aliphatic carbocycles. The predicted octanol–water partition coefficient (Wildman–Crippen LogP) is 3.93. The van der Waals surface area contributed by atoms with Gasteiger partial charge in [0, 0.05) is 23.1 Å². The van der Waals surface area contributed by atoms with Gasteiger partial charge < -0.3 is 5.73 Å². The number of fused-ring (bicyclic) bond motifs is 1. The summed E-state index contributed by atoms with van der Waals surface area (Å²) in [6.45, 7) is 0. The van der Waals surface area contributed by atoms with Gasteiger partial charge in [0.15, 0.2) is 0 Å². The van der Waals surface area contributed by atoms with Crippen LogP contribution in [0.25, 0.3) is 10.1 Å². The molecule has 0 amide bonds. The Hall–Kier alpha value is -1.71. The second kappa shape index (κ2) is 5.51. The largest absolute Gasteiger partial charge is 0.324 e. The van der Waals surface area contributed by atoms with Gasteiger partial charge in [-0.3, -0.25) is 4.98 Å². The number of benzene rings is 1.